The number of hydrogen-bond donors (Lipinski definition) is 0. The minimum Gasteiger partial charge on any atom is -0.334 e. The molecule has 0 N–H and O–H groups in total. The quantitative estimate of drug-likeness (QED) is 0.797. The molecule has 1 amide bonds. The summed E-state index contributed by atoms with van der Waals surface area (Å²) in [6.45, 7) is 7.55. The lowest BCUT2D eigenvalue weighted by Gasteiger charge is -2.31. The van der Waals surface area contributed by atoms with Gasteiger partial charge in [-0.2, -0.15) is 0 Å². The number of pyridine rings is 1. The number of amides is 1. The molecule has 1 aliphatic rings. The molecule has 2 aromatic rings. The summed E-state index contributed by atoms with van der Waals surface area (Å²) in [5, 5.41) is 0. The van der Waals surface area contributed by atoms with E-state index in [0.717, 1.165) is 38.2 Å². The summed E-state index contributed by atoms with van der Waals surface area (Å²) in [6.07, 6.45) is 4.53. The van der Waals surface area contributed by atoms with Crippen LogP contribution in [0, 0.1) is 0 Å². The third kappa shape index (κ3) is 4.70. The van der Waals surface area contributed by atoms with Gasteiger partial charge in [-0.1, -0.05) is 50.2 Å². The molecule has 0 unspecified atom stereocenters. The molecule has 0 spiro atoms. The van der Waals surface area contributed by atoms with E-state index in [1.807, 2.05) is 24.4 Å². The van der Waals surface area contributed by atoms with Crippen LogP contribution in [0.4, 0.5) is 0 Å². The molecule has 1 aliphatic heterocycles. The number of aromatic nitrogens is 1. The molecule has 3 rings (SSSR count). The largest absolute Gasteiger partial charge is 0.334 e. The van der Waals surface area contributed by atoms with Crippen molar-refractivity contribution in [3.05, 3.63) is 65.5 Å². The van der Waals surface area contributed by atoms with Gasteiger partial charge < -0.3 is 4.90 Å². The van der Waals surface area contributed by atoms with Gasteiger partial charge in [-0.15, -0.1) is 0 Å². The number of hydrogen-bond acceptors (Lipinski definition) is 3. The molecule has 4 heteroatoms. The van der Waals surface area contributed by atoms with E-state index >= 15 is 0 Å². The van der Waals surface area contributed by atoms with E-state index < -0.39 is 0 Å². The lowest BCUT2D eigenvalue weighted by atomic mass is 10.1. The van der Waals surface area contributed by atoms with Gasteiger partial charge in [-0.3, -0.25) is 14.7 Å². The molecule has 4 nitrogen and oxygen atoms in total. The minimum absolute atomic E-state index is 0.250. The van der Waals surface area contributed by atoms with E-state index in [0.29, 0.717) is 13.0 Å². The second-order valence-electron chi connectivity index (χ2n) is 7.07. The lowest BCUT2D eigenvalue weighted by Crippen LogP contribution is -2.42. The normalized spacial score (nSPS) is 18.8. The van der Waals surface area contributed by atoms with Gasteiger partial charge in [0, 0.05) is 44.8 Å². The molecule has 138 valence electrons. The molecule has 0 saturated carbocycles. The Morgan fingerprint density at radius 2 is 1.85 bits per heavy atom. The van der Waals surface area contributed by atoms with Crippen molar-refractivity contribution in [1.82, 2.24) is 14.8 Å². The third-order valence-electron chi connectivity index (χ3n) is 5.22. The maximum Gasteiger partial charge on any atom is 0.224 e. The highest BCUT2D eigenvalue weighted by Gasteiger charge is 2.28. The SMILES string of the molecule is CCc1ccc(CN2CCC(=O)N(Cc3ccccc3)[C@@H](CC)C2)nc1. The summed E-state index contributed by atoms with van der Waals surface area (Å²) in [7, 11) is 0. The van der Waals surface area contributed by atoms with Gasteiger partial charge in [0.05, 0.1) is 5.69 Å². The van der Waals surface area contributed by atoms with Crippen molar-refractivity contribution in [2.75, 3.05) is 13.1 Å². The van der Waals surface area contributed by atoms with Crippen LogP contribution in [0.15, 0.2) is 48.7 Å². The van der Waals surface area contributed by atoms with Gasteiger partial charge in [0.2, 0.25) is 5.91 Å². The highest BCUT2D eigenvalue weighted by atomic mass is 16.2. The molecule has 1 atom stereocenters. The third-order valence-corrected chi connectivity index (χ3v) is 5.22. The number of carbonyl (C=O) groups is 1. The van der Waals surface area contributed by atoms with Crippen LogP contribution < -0.4 is 0 Å². The Balaban J connectivity index is 1.69. The Morgan fingerprint density at radius 1 is 1.04 bits per heavy atom. The molecule has 0 aliphatic carbocycles. The monoisotopic (exact) mass is 351 g/mol. The fourth-order valence-electron chi connectivity index (χ4n) is 3.57. The second-order valence-corrected chi connectivity index (χ2v) is 7.07. The average Bonchev–Trinajstić information content (AvgIpc) is 2.83. The predicted molar refractivity (Wildman–Crippen MR) is 105 cm³/mol. The molecular weight excluding hydrogens is 322 g/mol. The van der Waals surface area contributed by atoms with Crippen LogP contribution in [-0.2, 0) is 24.3 Å². The van der Waals surface area contributed by atoms with Crippen LogP contribution in [-0.4, -0.2) is 39.8 Å². The molecule has 0 bridgehead atoms. The van der Waals surface area contributed by atoms with E-state index in [4.69, 9.17) is 0 Å². The van der Waals surface area contributed by atoms with Crippen LogP contribution in [0.5, 0.6) is 0 Å². The summed E-state index contributed by atoms with van der Waals surface area (Å²) in [5.41, 5.74) is 3.55. The predicted octanol–water partition coefficient (Wildman–Crippen LogP) is 3.66. The van der Waals surface area contributed by atoms with Crippen molar-refractivity contribution in [1.29, 1.82) is 0 Å². The second kappa shape index (κ2) is 8.95. The van der Waals surface area contributed by atoms with E-state index in [1.54, 1.807) is 0 Å². The first kappa shape index (κ1) is 18.6. The maximum absolute atomic E-state index is 12.8. The molecule has 26 heavy (non-hydrogen) atoms. The minimum atomic E-state index is 0.250. The van der Waals surface area contributed by atoms with Gasteiger partial charge in [0.1, 0.15) is 0 Å². The Kier molecular flexibility index (Phi) is 6.40. The molecule has 1 fully saturated rings. The summed E-state index contributed by atoms with van der Waals surface area (Å²) in [5.74, 6) is 0.262. The highest BCUT2D eigenvalue weighted by Crippen LogP contribution is 2.19. The van der Waals surface area contributed by atoms with E-state index in [-0.39, 0.29) is 11.9 Å². The zero-order valence-corrected chi connectivity index (χ0v) is 15.9. The van der Waals surface area contributed by atoms with Gasteiger partial charge in [-0.25, -0.2) is 0 Å². The fraction of sp³-hybridized carbons (Fsp3) is 0.455. The summed E-state index contributed by atoms with van der Waals surface area (Å²) in [6, 6.07) is 14.8. The average molecular weight is 351 g/mol. The Labute approximate surface area is 156 Å². The lowest BCUT2D eigenvalue weighted by molar-refractivity contribution is -0.133. The van der Waals surface area contributed by atoms with Crippen molar-refractivity contribution in [2.45, 2.75) is 52.2 Å². The van der Waals surface area contributed by atoms with Crippen LogP contribution in [0.2, 0.25) is 0 Å². The molecule has 1 aromatic heterocycles. The van der Waals surface area contributed by atoms with E-state index in [2.05, 4.69) is 52.9 Å². The molecule has 1 aromatic carbocycles. The van der Waals surface area contributed by atoms with Crippen LogP contribution >= 0.6 is 0 Å². The van der Waals surface area contributed by atoms with Gasteiger partial charge >= 0.3 is 0 Å². The van der Waals surface area contributed by atoms with Crippen LogP contribution in [0.25, 0.3) is 0 Å². The number of nitrogens with zero attached hydrogens (tertiary/aromatic N) is 3. The zero-order chi connectivity index (χ0) is 18.4. The highest BCUT2D eigenvalue weighted by molar-refractivity contribution is 5.77. The number of carbonyl (C=O) groups excluding carboxylic acids is 1. The van der Waals surface area contributed by atoms with Gasteiger partial charge in [0.25, 0.3) is 0 Å². The number of rotatable bonds is 6. The molecular formula is C22H29N3O. The number of benzene rings is 1. The first-order valence-corrected chi connectivity index (χ1v) is 9.69. The molecule has 0 radical (unpaired) electrons. The topological polar surface area (TPSA) is 36.4 Å². The van der Waals surface area contributed by atoms with Crippen molar-refractivity contribution in [2.24, 2.45) is 0 Å². The standard InChI is InChI=1S/C22H29N3O/c1-3-18-10-11-20(23-14-18)16-24-13-12-22(26)25(21(4-2)17-24)15-19-8-6-5-7-9-19/h5-11,14,21H,3-4,12-13,15-17H2,1-2H3/t21-/m0/s1. The Bertz CT molecular complexity index is 699. The summed E-state index contributed by atoms with van der Waals surface area (Å²) in [4.78, 5) is 21.8. The van der Waals surface area contributed by atoms with E-state index in [1.165, 1.54) is 11.1 Å². The van der Waals surface area contributed by atoms with Crippen molar-refractivity contribution < 1.29 is 4.79 Å². The first-order valence-electron chi connectivity index (χ1n) is 9.69. The van der Waals surface area contributed by atoms with Crippen molar-refractivity contribution >= 4 is 5.91 Å². The fourth-order valence-corrected chi connectivity index (χ4v) is 3.57. The smallest absolute Gasteiger partial charge is 0.224 e. The van der Waals surface area contributed by atoms with Crippen LogP contribution in [0.1, 0.15) is 43.5 Å². The summed E-state index contributed by atoms with van der Waals surface area (Å²) >= 11 is 0. The van der Waals surface area contributed by atoms with Gasteiger partial charge in [-0.05, 0) is 30.0 Å². The Hall–Kier alpha value is -2.20. The summed E-state index contributed by atoms with van der Waals surface area (Å²) < 4.78 is 0. The number of aryl methyl sites for hydroxylation is 1. The van der Waals surface area contributed by atoms with Crippen LogP contribution in [0.3, 0.4) is 0 Å². The van der Waals surface area contributed by atoms with Crippen molar-refractivity contribution in [3.63, 3.8) is 0 Å². The first-order chi connectivity index (χ1) is 12.7. The zero-order valence-electron chi connectivity index (χ0n) is 15.9. The molecule has 1 saturated heterocycles. The molecule has 2 heterocycles. The maximum atomic E-state index is 12.8. The van der Waals surface area contributed by atoms with E-state index in [9.17, 15) is 4.79 Å². The van der Waals surface area contributed by atoms with Gasteiger partial charge in [0.15, 0.2) is 0 Å². The van der Waals surface area contributed by atoms with Crippen molar-refractivity contribution in [3.8, 4) is 0 Å². The Morgan fingerprint density at radius 3 is 2.50 bits per heavy atom.